The van der Waals surface area contributed by atoms with Crippen LogP contribution >= 0.6 is 11.6 Å². The molecule has 7 nitrogen and oxygen atoms in total. The molecule has 2 rings (SSSR count). The van der Waals surface area contributed by atoms with Gasteiger partial charge in [0.15, 0.2) is 11.4 Å². The molecule has 0 radical (unpaired) electrons. The van der Waals surface area contributed by atoms with Gasteiger partial charge in [-0.25, -0.2) is 4.79 Å². The number of carboxylic acid groups (broad SMARTS) is 1. The maximum absolute atomic E-state index is 13.1. The van der Waals surface area contributed by atoms with E-state index in [0.717, 1.165) is 0 Å². The van der Waals surface area contributed by atoms with E-state index in [2.05, 4.69) is 10.3 Å². The predicted octanol–water partition coefficient (Wildman–Crippen LogP) is 3.50. The van der Waals surface area contributed by atoms with Gasteiger partial charge in [0, 0.05) is 0 Å². The number of rotatable bonds is 7. The average molecular weight is 411 g/mol. The van der Waals surface area contributed by atoms with Crippen molar-refractivity contribution in [3.63, 3.8) is 0 Å². The fraction of sp³-hybridized carbons (Fsp3) is 0.562. The molecular weight excluding hydrogens is 393 g/mol. The van der Waals surface area contributed by atoms with E-state index in [1.54, 1.807) is 0 Å². The Bertz CT molecular complexity index is 736. The van der Waals surface area contributed by atoms with Crippen molar-refractivity contribution in [3.8, 4) is 5.88 Å². The number of hydrogen-bond acceptors (Lipinski definition) is 5. The second-order valence-electron chi connectivity index (χ2n) is 6.33. The third-order valence-corrected chi connectivity index (χ3v) is 4.17. The lowest BCUT2D eigenvalue weighted by atomic mass is 9.80. The quantitative estimate of drug-likeness (QED) is 0.714. The van der Waals surface area contributed by atoms with Crippen molar-refractivity contribution in [1.82, 2.24) is 4.98 Å². The van der Waals surface area contributed by atoms with Crippen LogP contribution in [0.2, 0.25) is 5.02 Å². The summed E-state index contributed by atoms with van der Waals surface area (Å²) in [4.78, 5) is 26.8. The zero-order chi connectivity index (χ0) is 20.4. The molecule has 27 heavy (non-hydrogen) atoms. The van der Waals surface area contributed by atoms with Gasteiger partial charge in [0.25, 0.3) is 5.91 Å². The Morgan fingerprint density at radius 2 is 2.04 bits per heavy atom. The maximum atomic E-state index is 13.1. The van der Waals surface area contributed by atoms with Crippen LogP contribution in [-0.4, -0.2) is 40.3 Å². The molecule has 1 aromatic rings. The van der Waals surface area contributed by atoms with Gasteiger partial charge < -0.3 is 19.9 Å². The molecule has 0 bridgehead atoms. The highest BCUT2D eigenvalue weighted by Gasteiger charge is 2.46. The van der Waals surface area contributed by atoms with E-state index in [-0.39, 0.29) is 18.7 Å². The highest BCUT2D eigenvalue weighted by molar-refractivity contribution is 6.33. The first-order chi connectivity index (χ1) is 12.4. The molecule has 1 fully saturated rings. The minimum Gasteiger partial charge on any atom is -0.479 e. The zero-order valence-electron chi connectivity index (χ0n) is 14.5. The fourth-order valence-corrected chi connectivity index (χ4v) is 2.56. The molecule has 1 heterocycles. The summed E-state index contributed by atoms with van der Waals surface area (Å²) in [6.07, 6.45) is -4.12. The molecule has 0 atom stereocenters. The van der Waals surface area contributed by atoms with Crippen molar-refractivity contribution in [1.29, 1.82) is 0 Å². The van der Waals surface area contributed by atoms with Crippen LogP contribution in [0.1, 0.15) is 38.7 Å². The number of nitrogens with zero attached hydrogens (tertiary/aromatic N) is 1. The van der Waals surface area contributed by atoms with E-state index in [1.807, 2.05) is 0 Å². The summed E-state index contributed by atoms with van der Waals surface area (Å²) in [6.45, 7) is 2.44. The molecular formula is C16H18ClF3N2O5. The SMILES string of the molecule is CC(C)Oc1nc(NC(=O)COC2(C(=O)O)CCC2)c(Cl)cc1C(F)(F)F. The number of amides is 1. The van der Waals surface area contributed by atoms with Crippen molar-refractivity contribution in [2.45, 2.75) is 51.0 Å². The first-order valence-electron chi connectivity index (χ1n) is 8.06. The second-order valence-corrected chi connectivity index (χ2v) is 6.73. The predicted molar refractivity (Wildman–Crippen MR) is 88.8 cm³/mol. The number of nitrogens with one attached hydrogen (secondary N) is 1. The van der Waals surface area contributed by atoms with Crippen molar-refractivity contribution < 1.29 is 37.3 Å². The van der Waals surface area contributed by atoms with Crippen LogP contribution in [-0.2, 0) is 20.5 Å². The standard InChI is InChI=1S/C16H18ClF3N2O5/c1-8(2)27-13-9(16(18,19)20)6-10(17)12(22-13)21-11(23)7-26-15(14(24)25)4-3-5-15/h6,8H,3-5,7H2,1-2H3,(H,24,25)(H,21,22,23). The number of carbonyl (C=O) groups is 2. The summed E-state index contributed by atoms with van der Waals surface area (Å²) in [7, 11) is 0. The third-order valence-electron chi connectivity index (χ3n) is 3.88. The van der Waals surface area contributed by atoms with Crippen LogP contribution in [0.15, 0.2) is 6.07 Å². The number of aliphatic carboxylic acids is 1. The number of carboxylic acids is 1. The molecule has 0 spiro atoms. The largest absolute Gasteiger partial charge is 0.479 e. The van der Waals surface area contributed by atoms with Crippen LogP contribution in [0.4, 0.5) is 19.0 Å². The molecule has 0 unspecified atom stereocenters. The lowest BCUT2D eigenvalue weighted by Gasteiger charge is -2.36. The maximum Gasteiger partial charge on any atom is 0.421 e. The van der Waals surface area contributed by atoms with Crippen LogP contribution in [0, 0.1) is 0 Å². The number of hydrogen-bond donors (Lipinski definition) is 2. The van der Waals surface area contributed by atoms with Gasteiger partial charge in [-0.05, 0) is 39.2 Å². The van der Waals surface area contributed by atoms with Gasteiger partial charge >= 0.3 is 12.1 Å². The molecule has 2 N–H and O–H groups in total. The van der Waals surface area contributed by atoms with Gasteiger partial charge in [-0.1, -0.05) is 11.6 Å². The average Bonchev–Trinajstić information content (AvgIpc) is 2.47. The van der Waals surface area contributed by atoms with Gasteiger partial charge in [0.1, 0.15) is 12.2 Å². The summed E-state index contributed by atoms with van der Waals surface area (Å²) in [6, 6.07) is 0.605. The number of aromatic nitrogens is 1. The van der Waals surface area contributed by atoms with Crippen LogP contribution in [0.3, 0.4) is 0 Å². The Morgan fingerprint density at radius 3 is 2.48 bits per heavy atom. The molecule has 1 aliphatic rings. The van der Waals surface area contributed by atoms with Crippen molar-refractivity contribution in [3.05, 3.63) is 16.7 Å². The highest BCUT2D eigenvalue weighted by atomic mass is 35.5. The summed E-state index contributed by atoms with van der Waals surface area (Å²) in [5.74, 6) is -3.03. The van der Waals surface area contributed by atoms with E-state index < -0.39 is 52.8 Å². The van der Waals surface area contributed by atoms with E-state index >= 15 is 0 Å². The Hall–Kier alpha value is -2.07. The third kappa shape index (κ3) is 5.01. The van der Waals surface area contributed by atoms with Crippen LogP contribution < -0.4 is 10.1 Å². The van der Waals surface area contributed by atoms with Crippen molar-refractivity contribution in [2.75, 3.05) is 11.9 Å². The lowest BCUT2D eigenvalue weighted by molar-refractivity contribution is -0.179. The first kappa shape index (κ1) is 21.2. The summed E-state index contributed by atoms with van der Waals surface area (Å²) >= 11 is 5.80. The number of anilines is 1. The molecule has 1 amide bonds. The van der Waals surface area contributed by atoms with Crippen LogP contribution in [0.5, 0.6) is 5.88 Å². The number of alkyl halides is 3. The smallest absolute Gasteiger partial charge is 0.421 e. The van der Waals surface area contributed by atoms with Crippen molar-refractivity contribution in [2.24, 2.45) is 0 Å². The normalized spacial score (nSPS) is 16.0. The molecule has 1 aromatic heterocycles. The Kier molecular flexibility index (Phi) is 6.21. The summed E-state index contributed by atoms with van der Waals surface area (Å²) in [5, 5.41) is 10.9. The van der Waals surface area contributed by atoms with Gasteiger partial charge in [0.2, 0.25) is 5.88 Å². The second kappa shape index (κ2) is 7.89. The lowest BCUT2D eigenvalue weighted by Crippen LogP contribution is -2.49. The van der Waals surface area contributed by atoms with Gasteiger partial charge in [-0.15, -0.1) is 0 Å². The van der Waals surface area contributed by atoms with E-state index in [0.29, 0.717) is 12.5 Å². The van der Waals surface area contributed by atoms with Crippen LogP contribution in [0.25, 0.3) is 0 Å². The molecule has 1 aliphatic carbocycles. The van der Waals surface area contributed by atoms with Gasteiger partial charge in [0.05, 0.1) is 11.1 Å². The Balaban J connectivity index is 2.15. The zero-order valence-corrected chi connectivity index (χ0v) is 15.3. The van der Waals surface area contributed by atoms with E-state index in [1.165, 1.54) is 13.8 Å². The van der Waals surface area contributed by atoms with Crippen molar-refractivity contribution >= 4 is 29.3 Å². The van der Waals surface area contributed by atoms with Gasteiger partial charge in [-0.3, -0.25) is 4.79 Å². The monoisotopic (exact) mass is 410 g/mol. The fourth-order valence-electron chi connectivity index (χ4n) is 2.37. The van der Waals surface area contributed by atoms with Gasteiger partial charge in [-0.2, -0.15) is 18.2 Å². The molecule has 0 saturated heterocycles. The number of carbonyl (C=O) groups excluding carboxylic acids is 1. The Labute approximate surface area is 157 Å². The van der Waals surface area contributed by atoms with E-state index in [9.17, 15) is 22.8 Å². The molecule has 0 aromatic carbocycles. The molecule has 11 heteroatoms. The highest BCUT2D eigenvalue weighted by Crippen LogP contribution is 2.39. The minimum atomic E-state index is -4.75. The molecule has 1 saturated carbocycles. The number of halogens is 4. The number of ether oxygens (including phenoxy) is 2. The first-order valence-corrected chi connectivity index (χ1v) is 8.44. The summed E-state index contributed by atoms with van der Waals surface area (Å²) in [5.41, 5.74) is -2.57. The minimum absolute atomic E-state index is 0.279. The topological polar surface area (TPSA) is 97.8 Å². The Morgan fingerprint density at radius 1 is 1.41 bits per heavy atom. The molecule has 150 valence electrons. The molecule has 0 aliphatic heterocycles. The van der Waals surface area contributed by atoms with E-state index in [4.69, 9.17) is 26.2 Å². The summed E-state index contributed by atoms with van der Waals surface area (Å²) < 4.78 is 49.6. The number of pyridine rings is 1.